The number of benzene rings is 4. The van der Waals surface area contributed by atoms with Crippen LogP contribution in [0.4, 0.5) is 0 Å². The molecule has 0 atom stereocenters. The number of carbonyl (C=O) groups excluding carboxylic acids is 2. The van der Waals surface area contributed by atoms with Gasteiger partial charge < -0.3 is 0 Å². The summed E-state index contributed by atoms with van der Waals surface area (Å²) < 4.78 is 0. The summed E-state index contributed by atoms with van der Waals surface area (Å²) in [5.74, 6) is 0.0583. The van der Waals surface area contributed by atoms with Gasteiger partial charge in [0.25, 0.3) is 0 Å². The van der Waals surface area contributed by atoms with Crippen molar-refractivity contribution in [2.45, 2.75) is 0 Å². The van der Waals surface area contributed by atoms with Crippen LogP contribution in [0.15, 0.2) is 133 Å². The third-order valence-corrected chi connectivity index (χ3v) is 6.67. The Hall–Kier alpha value is -4.82. The van der Waals surface area contributed by atoms with Crippen molar-refractivity contribution < 1.29 is 9.59 Å². The summed E-state index contributed by atoms with van der Waals surface area (Å²) in [4.78, 5) is 26.6. The normalized spacial score (nSPS) is 16.9. The number of ketones is 2. The third kappa shape index (κ3) is 3.79. The average Bonchev–Trinajstić information content (AvgIpc) is 2.95. The van der Waals surface area contributed by atoms with E-state index >= 15 is 0 Å². The van der Waals surface area contributed by atoms with Gasteiger partial charge in [0, 0.05) is 22.3 Å². The van der Waals surface area contributed by atoms with Crippen molar-refractivity contribution in [3.05, 3.63) is 167 Å². The van der Waals surface area contributed by atoms with Crippen LogP contribution in [0.1, 0.15) is 43.0 Å². The summed E-state index contributed by atoms with van der Waals surface area (Å²) in [6.45, 7) is 0. The van der Waals surface area contributed by atoms with Crippen molar-refractivity contribution in [2.24, 2.45) is 0 Å². The third-order valence-electron chi connectivity index (χ3n) is 6.67. The van der Waals surface area contributed by atoms with Gasteiger partial charge in [-0.2, -0.15) is 0 Å². The van der Waals surface area contributed by atoms with Gasteiger partial charge in [-0.3, -0.25) is 9.59 Å². The molecule has 36 heavy (non-hydrogen) atoms. The topological polar surface area (TPSA) is 34.1 Å². The summed E-state index contributed by atoms with van der Waals surface area (Å²) >= 11 is 0. The highest BCUT2D eigenvalue weighted by Crippen LogP contribution is 2.36. The molecule has 0 aliphatic heterocycles. The summed E-state index contributed by atoms with van der Waals surface area (Å²) in [6, 6.07) is 35.0. The highest BCUT2D eigenvalue weighted by molar-refractivity contribution is 6.35. The van der Waals surface area contributed by atoms with Crippen molar-refractivity contribution in [3.63, 3.8) is 0 Å². The molecule has 0 unspecified atom stereocenters. The Kier molecular flexibility index (Phi) is 5.48. The lowest BCUT2D eigenvalue weighted by molar-refractivity contribution is 0.104. The lowest BCUT2D eigenvalue weighted by atomic mass is 9.82. The van der Waals surface area contributed by atoms with Gasteiger partial charge in [-0.15, -0.1) is 0 Å². The molecule has 0 saturated carbocycles. The predicted molar refractivity (Wildman–Crippen MR) is 146 cm³/mol. The Bertz CT molecular complexity index is 1510. The first-order valence-corrected chi connectivity index (χ1v) is 11.9. The molecule has 0 saturated heterocycles. The summed E-state index contributed by atoms with van der Waals surface area (Å²) in [5.41, 5.74) is 8.29. The number of hydrogen-bond donors (Lipinski definition) is 0. The van der Waals surface area contributed by atoms with Crippen LogP contribution in [0.25, 0.3) is 22.3 Å². The number of rotatable bonds is 3. The number of Topliss-reactive ketones (excluding diaryl/α,β-unsaturated/α-hetero) is 2. The molecule has 2 aliphatic rings. The zero-order chi connectivity index (χ0) is 24.5. The fourth-order valence-corrected chi connectivity index (χ4v) is 4.87. The fraction of sp³-hybridized carbons (Fsp3) is 0. The smallest absolute Gasteiger partial charge is 0.194 e. The maximum absolute atomic E-state index is 13.3. The van der Waals surface area contributed by atoms with Gasteiger partial charge in [0.2, 0.25) is 0 Å². The van der Waals surface area contributed by atoms with Crippen molar-refractivity contribution in [3.8, 4) is 0 Å². The molecule has 0 heterocycles. The number of fused-ring (bicyclic) bond motifs is 2. The van der Waals surface area contributed by atoms with Crippen LogP contribution < -0.4 is 0 Å². The van der Waals surface area contributed by atoms with Crippen molar-refractivity contribution >= 4 is 33.9 Å². The van der Waals surface area contributed by atoms with Gasteiger partial charge in [0.1, 0.15) is 0 Å². The molecule has 2 aliphatic carbocycles. The molecular formula is C34H22O2. The monoisotopic (exact) mass is 462 g/mol. The summed E-state index contributed by atoms with van der Waals surface area (Å²) in [6.07, 6.45) is 8.04. The molecule has 0 amide bonds. The molecule has 4 aromatic rings. The van der Waals surface area contributed by atoms with E-state index in [-0.39, 0.29) is 11.6 Å². The van der Waals surface area contributed by atoms with E-state index in [1.807, 2.05) is 121 Å². The van der Waals surface area contributed by atoms with Gasteiger partial charge in [0.05, 0.1) is 0 Å². The number of hydrogen-bond acceptors (Lipinski definition) is 2. The van der Waals surface area contributed by atoms with Gasteiger partial charge in [-0.25, -0.2) is 0 Å². The molecule has 6 rings (SSSR count). The zero-order valence-corrected chi connectivity index (χ0v) is 19.5. The zero-order valence-electron chi connectivity index (χ0n) is 19.5. The maximum atomic E-state index is 13.3. The predicted octanol–water partition coefficient (Wildman–Crippen LogP) is 7.71. The Morgan fingerprint density at radius 2 is 0.722 bits per heavy atom. The van der Waals surface area contributed by atoms with Crippen molar-refractivity contribution in [2.75, 3.05) is 0 Å². The molecule has 0 spiro atoms. The second kappa shape index (κ2) is 9.09. The second-order valence-electron chi connectivity index (χ2n) is 8.84. The van der Waals surface area contributed by atoms with Crippen LogP contribution in [0.3, 0.4) is 0 Å². The van der Waals surface area contributed by atoms with Crippen LogP contribution in [0, 0.1) is 0 Å². The first-order chi connectivity index (χ1) is 17.7. The SMILES string of the molecule is O=C1C(c2ccccc2)=C/C(=C/C=C2\C=C(c3ccccc3)C(=O)c3ccccc32)c2ccccc21. The van der Waals surface area contributed by atoms with E-state index in [0.717, 1.165) is 33.4 Å². The minimum atomic E-state index is 0.0291. The maximum Gasteiger partial charge on any atom is 0.194 e. The largest absolute Gasteiger partial charge is 0.289 e. The van der Waals surface area contributed by atoms with Gasteiger partial charge in [-0.1, -0.05) is 121 Å². The van der Waals surface area contributed by atoms with E-state index in [4.69, 9.17) is 0 Å². The first-order valence-electron chi connectivity index (χ1n) is 11.9. The Morgan fingerprint density at radius 3 is 1.11 bits per heavy atom. The van der Waals surface area contributed by atoms with Crippen LogP contribution in [0.2, 0.25) is 0 Å². The van der Waals surface area contributed by atoms with E-state index < -0.39 is 0 Å². The molecule has 2 nitrogen and oxygen atoms in total. The van der Waals surface area contributed by atoms with E-state index in [0.29, 0.717) is 22.3 Å². The molecule has 0 fully saturated rings. The molecular weight excluding hydrogens is 440 g/mol. The molecule has 0 aromatic heterocycles. The lowest BCUT2D eigenvalue weighted by Gasteiger charge is -2.20. The molecule has 0 radical (unpaired) electrons. The Balaban J connectivity index is 1.52. The van der Waals surface area contributed by atoms with E-state index in [1.54, 1.807) is 0 Å². The van der Waals surface area contributed by atoms with Gasteiger partial charge >= 0.3 is 0 Å². The standard InChI is InChI=1S/C34H22O2/c35-33-29-17-9-7-15-27(29)25(21-31(33)23-11-3-1-4-12-23)19-20-26-22-32(24-13-5-2-6-14-24)34(36)30-18-10-8-16-28(26)30/h1-22H/b25-19-,26-20+. The second-order valence-corrected chi connectivity index (χ2v) is 8.84. The minimum absolute atomic E-state index is 0.0291. The fourth-order valence-electron chi connectivity index (χ4n) is 4.87. The van der Waals surface area contributed by atoms with Gasteiger partial charge in [0.15, 0.2) is 11.6 Å². The van der Waals surface area contributed by atoms with E-state index in [1.165, 1.54) is 0 Å². The lowest BCUT2D eigenvalue weighted by Crippen LogP contribution is -2.11. The van der Waals surface area contributed by atoms with Crippen LogP contribution in [-0.4, -0.2) is 11.6 Å². The highest BCUT2D eigenvalue weighted by Gasteiger charge is 2.25. The molecule has 0 N–H and O–H groups in total. The first kappa shape index (κ1) is 21.7. The highest BCUT2D eigenvalue weighted by atomic mass is 16.1. The van der Waals surface area contributed by atoms with E-state index in [9.17, 15) is 9.59 Å². The van der Waals surface area contributed by atoms with Crippen LogP contribution in [-0.2, 0) is 0 Å². The number of carbonyl (C=O) groups is 2. The number of allylic oxidation sites excluding steroid dienone is 8. The van der Waals surface area contributed by atoms with Crippen LogP contribution in [0.5, 0.6) is 0 Å². The van der Waals surface area contributed by atoms with Crippen LogP contribution >= 0.6 is 0 Å². The van der Waals surface area contributed by atoms with Crippen molar-refractivity contribution in [1.29, 1.82) is 0 Å². The molecule has 0 bridgehead atoms. The molecule has 2 heteroatoms. The average molecular weight is 463 g/mol. The molecule has 170 valence electrons. The van der Waals surface area contributed by atoms with E-state index in [2.05, 4.69) is 12.2 Å². The Labute approximate surface area is 210 Å². The summed E-state index contributed by atoms with van der Waals surface area (Å²) in [7, 11) is 0. The summed E-state index contributed by atoms with van der Waals surface area (Å²) in [5, 5.41) is 0. The minimum Gasteiger partial charge on any atom is -0.289 e. The molecule has 4 aromatic carbocycles. The quantitative estimate of drug-likeness (QED) is 0.312. The van der Waals surface area contributed by atoms with Crippen molar-refractivity contribution in [1.82, 2.24) is 0 Å². The van der Waals surface area contributed by atoms with Gasteiger partial charge in [-0.05, 0) is 45.6 Å². The Morgan fingerprint density at radius 1 is 0.389 bits per heavy atom.